The summed E-state index contributed by atoms with van der Waals surface area (Å²) in [5, 5.41) is 12.1. The lowest BCUT2D eigenvalue weighted by Gasteiger charge is -2.29. The van der Waals surface area contributed by atoms with Gasteiger partial charge in [-0.2, -0.15) is 0 Å². The van der Waals surface area contributed by atoms with Crippen molar-refractivity contribution in [3.05, 3.63) is 30.1 Å². The highest BCUT2D eigenvalue weighted by molar-refractivity contribution is 7.99. The number of carbonyl (C=O) groups excluding carboxylic acids is 1. The molecule has 0 aliphatic heterocycles. The number of hydrogen-bond acceptors (Lipinski definition) is 4. The van der Waals surface area contributed by atoms with Crippen LogP contribution in [0.25, 0.3) is 11.4 Å². The maximum Gasteiger partial charge on any atom is 0.230 e. The summed E-state index contributed by atoms with van der Waals surface area (Å²) in [6, 6.07) is 6.80. The van der Waals surface area contributed by atoms with Crippen molar-refractivity contribution in [3.63, 3.8) is 0 Å². The van der Waals surface area contributed by atoms with Gasteiger partial charge in [0.1, 0.15) is 5.82 Å². The number of benzene rings is 1. The van der Waals surface area contributed by atoms with Crippen LogP contribution in [0.4, 0.5) is 4.39 Å². The number of nitrogens with one attached hydrogen (secondary N) is 1. The molecule has 7 heteroatoms. The summed E-state index contributed by atoms with van der Waals surface area (Å²) >= 11 is 1.35. The molecule has 2 atom stereocenters. The maximum atomic E-state index is 14.1. The number of carbonyl (C=O) groups is 1. The van der Waals surface area contributed by atoms with E-state index in [1.807, 2.05) is 11.5 Å². The zero-order chi connectivity index (χ0) is 18.5. The molecule has 1 saturated carbocycles. The predicted octanol–water partition coefficient (Wildman–Crippen LogP) is 3.89. The molecule has 26 heavy (non-hydrogen) atoms. The molecule has 1 amide bonds. The Morgan fingerprint density at radius 3 is 2.81 bits per heavy atom. The number of rotatable bonds is 6. The topological polar surface area (TPSA) is 59.8 Å². The second kappa shape index (κ2) is 8.66. The van der Waals surface area contributed by atoms with Crippen LogP contribution >= 0.6 is 11.8 Å². The average Bonchev–Trinajstić information content (AvgIpc) is 3.05. The van der Waals surface area contributed by atoms with E-state index in [-0.39, 0.29) is 17.8 Å². The van der Waals surface area contributed by atoms with Gasteiger partial charge in [-0.1, -0.05) is 43.7 Å². The Morgan fingerprint density at radius 1 is 1.31 bits per heavy atom. The van der Waals surface area contributed by atoms with Crippen LogP contribution in [-0.2, 0) is 11.3 Å². The van der Waals surface area contributed by atoms with Crippen LogP contribution in [0.1, 0.15) is 39.5 Å². The maximum absolute atomic E-state index is 14.1. The second-order valence-corrected chi connectivity index (χ2v) is 7.70. The van der Waals surface area contributed by atoms with Gasteiger partial charge < -0.3 is 9.88 Å². The van der Waals surface area contributed by atoms with Crippen LogP contribution in [0.3, 0.4) is 0 Å². The molecule has 1 aromatic carbocycles. The van der Waals surface area contributed by atoms with Crippen LogP contribution in [0.5, 0.6) is 0 Å². The Bertz CT molecular complexity index is 764. The first-order valence-corrected chi connectivity index (χ1v) is 10.2. The molecule has 1 N–H and O–H groups in total. The molecule has 1 aliphatic rings. The Hall–Kier alpha value is -1.89. The van der Waals surface area contributed by atoms with Gasteiger partial charge in [0.2, 0.25) is 5.91 Å². The molecule has 0 unspecified atom stereocenters. The Labute approximate surface area is 157 Å². The molecule has 0 bridgehead atoms. The van der Waals surface area contributed by atoms with Crippen LogP contribution in [0.15, 0.2) is 29.4 Å². The molecule has 0 spiro atoms. The number of nitrogens with zero attached hydrogens (tertiary/aromatic N) is 3. The van der Waals surface area contributed by atoms with E-state index in [4.69, 9.17) is 0 Å². The predicted molar refractivity (Wildman–Crippen MR) is 101 cm³/mol. The Kier molecular flexibility index (Phi) is 6.29. The smallest absolute Gasteiger partial charge is 0.230 e. The van der Waals surface area contributed by atoms with Crippen LogP contribution in [0.2, 0.25) is 0 Å². The van der Waals surface area contributed by atoms with Crippen molar-refractivity contribution in [1.29, 1.82) is 0 Å². The van der Waals surface area contributed by atoms with Crippen molar-refractivity contribution < 1.29 is 9.18 Å². The Morgan fingerprint density at radius 2 is 2.08 bits per heavy atom. The van der Waals surface area contributed by atoms with E-state index in [9.17, 15) is 9.18 Å². The average molecular weight is 377 g/mol. The molecule has 1 fully saturated rings. The quantitative estimate of drug-likeness (QED) is 0.777. The lowest BCUT2D eigenvalue weighted by molar-refractivity contribution is -0.119. The van der Waals surface area contributed by atoms with Gasteiger partial charge in [-0.15, -0.1) is 10.2 Å². The summed E-state index contributed by atoms with van der Waals surface area (Å²) in [5.41, 5.74) is 0.425. The fourth-order valence-electron chi connectivity index (χ4n) is 3.43. The molecule has 2 aromatic rings. The van der Waals surface area contributed by atoms with Crippen LogP contribution in [0, 0.1) is 11.7 Å². The van der Waals surface area contributed by atoms with Gasteiger partial charge in [-0.05, 0) is 37.8 Å². The fraction of sp³-hybridized carbons (Fsp3) is 0.526. The minimum Gasteiger partial charge on any atom is -0.352 e. The standard InChI is InChI=1S/C19H25FN4OS/c1-3-24-18(14-9-5-6-10-15(14)20)22-23-19(24)26-12-17(25)21-16-11-7-4-8-13(16)2/h5-6,9-10,13,16H,3-4,7-8,11-12H2,1-2H3,(H,21,25)/t13-,16+/m1/s1. The number of amides is 1. The first kappa shape index (κ1) is 18.9. The van der Waals surface area contributed by atoms with Crippen LogP contribution in [-0.4, -0.2) is 32.5 Å². The van der Waals surface area contributed by atoms with E-state index < -0.39 is 0 Å². The minimum absolute atomic E-state index is 0.0202. The van der Waals surface area contributed by atoms with E-state index in [2.05, 4.69) is 22.4 Å². The van der Waals surface area contributed by atoms with Gasteiger partial charge in [0.15, 0.2) is 11.0 Å². The van der Waals surface area contributed by atoms with Gasteiger partial charge in [-0.25, -0.2) is 4.39 Å². The third-order valence-corrected chi connectivity index (χ3v) is 5.90. The minimum atomic E-state index is -0.324. The molecular formula is C19H25FN4OS. The van der Waals surface area contributed by atoms with E-state index in [1.54, 1.807) is 18.2 Å². The summed E-state index contributed by atoms with van der Waals surface area (Å²) < 4.78 is 15.9. The molecule has 0 saturated heterocycles. The molecule has 1 aromatic heterocycles. The van der Waals surface area contributed by atoms with Crippen molar-refractivity contribution in [2.45, 2.75) is 57.3 Å². The first-order chi connectivity index (χ1) is 12.6. The lowest BCUT2D eigenvalue weighted by atomic mass is 9.86. The van der Waals surface area contributed by atoms with Gasteiger partial charge in [-0.3, -0.25) is 4.79 Å². The molecule has 3 rings (SSSR count). The highest BCUT2D eigenvalue weighted by Crippen LogP contribution is 2.26. The van der Waals surface area contributed by atoms with Crippen LogP contribution < -0.4 is 5.32 Å². The third kappa shape index (κ3) is 4.26. The molecule has 0 radical (unpaired) electrons. The second-order valence-electron chi connectivity index (χ2n) is 6.75. The van der Waals surface area contributed by atoms with Gasteiger partial charge in [0.05, 0.1) is 11.3 Å². The molecule has 140 valence electrons. The largest absolute Gasteiger partial charge is 0.352 e. The van der Waals surface area contributed by atoms with E-state index in [1.165, 1.54) is 37.1 Å². The highest BCUT2D eigenvalue weighted by Gasteiger charge is 2.23. The summed E-state index contributed by atoms with van der Waals surface area (Å²) in [4.78, 5) is 12.3. The number of thioether (sulfide) groups is 1. The zero-order valence-corrected chi connectivity index (χ0v) is 16.1. The number of aromatic nitrogens is 3. The van der Waals surface area contributed by atoms with E-state index in [0.29, 0.717) is 34.8 Å². The monoisotopic (exact) mass is 376 g/mol. The Balaban J connectivity index is 1.65. The molecular weight excluding hydrogens is 351 g/mol. The lowest BCUT2D eigenvalue weighted by Crippen LogP contribution is -2.41. The summed E-state index contributed by atoms with van der Waals surface area (Å²) in [6.07, 6.45) is 4.66. The van der Waals surface area contributed by atoms with E-state index in [0.717, 1.165) is 6.42 Å². The normalized spacial score (nSPS) is 20.1. The van der Waals surface area contributed by atoms with Gasteiger partial charge in [0, 0.05) is 12.6 Å². The number of halogens is 1. The third-order valence-electron chi connectivity index (χ3n) is 4.94. The summed E-state index contributed by atoms with van der Waals surface area (Å²) in [5.74, 6) is 1.01. The summed E-state index contributed by atoms with van der Waals surface area (Å²) in [6.45, 7) is 4.77. The molecule has 1 heterocycles. The molecule has 1 aliphatic carbocycles. The van der Waals surface area contributed by atoms with E-state index >= 15 is 0 Å². The van der Waals surface area contributed by atoms with Crippen molar-refractivity contribution >= 4 is 17.7 Å². The van der Waals surface area contributed by atoms with Crippen molar-refractivity contribution in [2.24, 2.45) is 5.92 Å². The van der Waals surface area contributed by atoms with Crippen molar-refractivity contribution in [3.8, 4) is 11.4 Å². The van der Waals surface area contributed by atoms with Gasteiger partial charge >= 0.3 is 0 Å². The fourth-order valence-corrected chi connectivity index (χ4v) is 4.25. The highest BCUT2D eigenvalue weighted by atomic mass is 32.2. The van der Waals surface area contributed by atoms with Gasteiger partial charge in [0.25, 0.3) is 0 Å². The zero-order valence-electron chi connectivity index (χ0n) is 15.2. The van der Waals surface area contributed by atoms with Crippen molar-refractivity contribution in [2.75, 3.05) is 5.75 Å². The molecule has 5 nitrogen and oxygen atoms in total. The SMILES string of the molecule is CCn1c(SCC(=O)N[C@H]2CCCC[C@H]2C)nnc1-c1ccccc1F. The number of hydrogen-bond donors (Lipinski definition) is 1. The van der Waals surface area contributed by atoms with Crippen molar-refractivity contribution in [1.82, 2.24) is 20.1 Å². The first-order valence-electron chi connectivity index (χ1n) is 9.20. The summed E-state index contributed by atoms with van der Waals surface area (Å²) in [7, 11) is 0.